The van der Waals surface area contributed by atoms with Crippen LogP contribution in [0.4, 0.5) is 0 Å². The van der Waals surface area contributed by atoms with Crippen LogP contribution in [-0.4, -0.2) is 29.9 Å². The molecule has 0 unspecified atom stereocenters. The van der Waals surface area contributed by atoms with Crippen molar-refractivity contribution >= 4 is 17.7 Å². The van der Waals surface area contributed by atoms with E-state index in [0.717, 1.165) is 0 Å². The summed E-state index contributed by atoms with van der Waals surface area (Å²) in [6, 6.07) is 8.92. The summed E-state index contributed by atoms with van der Waals surface area (Å²) in [7, 11) is 0. The zero-order valence-electron chi connectivity index (χ0n) is 14.6. The van der Waals surface area contributed by atoms with E-state index in [1.165, 1.54) is 0 Å². The summed E-state index contributed by atoms with van der Waals surface area (Å²) in [5.74, 6) is -3.41. The van der Waals surface area contributed by atoms with Gasteiger partial charge in [0, 0.05) is 17.4 Å². The van der Waals surface area contributed by atoms with Gasteiger partial charge < -0.3 is 9.47 Å². The van der Waals surface area contributed by atoms with Crippen LogP contribution >= 0.6 is 0 Å². The topological polar surface area (TPSA) is 69.7 Å². The maximum atomic E-state index is 13.0. The van der Waals surface area contributed by atoms with E-state index in [1.807, 2.05) is 13.0 Å². The van der Waals surface area contributed by atoms with Crippen molar-refractivity contribution in [3.05, 3.63) is 35.9 Å². The van der Waals surface area contributed by atoms with Crippen LogP contribution in [0.3, 0.4) is 0 Å². The van der Waals surface area contributed by atoms with E-state index in [2.05, 4.69) is 0 Å². The van der Waals surface area contributed by atoms with Crippen molar-refractivity contribution in [1.82, 2.24) is 0 Å². The summed E-state index contributed by atoms with van der Waals surface area (Å²) in [6.07, 6.45) is 0.508. The van der Waals surface area contributed by atoms with Crippen molar-refractivity contribution < 1.29 is 23.9 Å². The third-order valence-corrected chi connectivity index (χ3v) is 4.59. The molecule has 1 heterocycles. The fraction of sp³-hybridized carbons (Fsp3) is 0.526. The van der Waals surface area contributed by atoms with E-state index in [4.69, 9.17) is 9.47 Å². The molecule has 1 aromatic carbocycles. The highest BCUT2D eigenvalue weighted by molar-refractivity contribution is 6.01. The van der Waals surface area contributed by atoms with Gasteiger partial charge >= 0.3 is 11.9 Å². The molecule has 0 N–H and O–H groups in total. The largest absolute Gasteiger partial charge is 0.465 e. The second kappa shape index (κ2) is 7.16. The Kier molecular flexibility index (Phi) is 5.42. The van der Waals surface area contributed by atoms with Gasteiger partial charge in [0.25, 0.3) is 0 Å². The van der Waals surface area contributed by atoms with Gasteiger partial charge in [-0.3, -0.25) is 14.4 Å². The van der Waals surface area contributed by atoms with Crippen molar-refractivity contribution in [3.8, 4) is 0 Å². The number of ether oxygens (including phenoxy) is 2. The van der Waals surface area contributed by atoms with Gasteiger partial charge in [-0.1, -0.05) is 37.3 Å². The molecule has 0 radical (unpaired) electrons. The Morgan fingerprint density at radius 2 is 1.83 bits per heavy atom. The number of esters is 2. The van der Waals surface area contributed by atoms with Crippen LogP contribution in [-0.2, 0) is 19.1 Å². The van der Waals surface area contributed by atoms with E-state index < -0.39 is 35.3 Å². The van der Waals surface area contributed by atoms with Gasteiger partial charge in [0.1, 0.15) is 5.60 Å². The Labute approximate surface area is 142 Å². The molecule has 0 amide bonds. The number of rotatable bonds is 6. The first-order valence-electron chi connectivity index (χ1n) is 8.32. The van der Waals surface area contributed by atoms with E-state index in [9.17, 15) is 14.4 Å². The average molecular weight is 332 g/mol. The van der Waals surface area contributed by atoms with Gasteiger partial charge in [-0.05, 0) is 27.2 Å². The standard InChI is InChI=1S/C19H24O5/c1-5-13(16(20)12-10-8-7-9-11-12)15-14(17(21)23-6-2)18(22)24-19(15,3)4/h7-11,13-15H,5-6H2,1-4H3/t13-,14+,15-/m1/s1. The lowest BCUT2D eigenvalue weighted by atomic mass is 9.70. The van der Waals surface area contributed by atoms with Crippen LogP contribution in [0.2, 0.25) is 0 Å². The molecule has 1 aliphatic heterocycles. The predicted molar refractivity (Wildman–Crippen MR) is 88.3 cm³/mol. The third kappa shape index (κ3) is 3.35. The normalized spacial score (nSPS) is 23.4. The number of carbonyl (C=O) groups excluding carboxylic acids is 3. The monoisotopic (exact) mass is 332 g/mol. The number of hydrogen-bond acceptors (Lipinski definition) is 5. The lowest BCUT2D eigenvalue weighted by Gasteiger charge is -2.32. The molecular formula is C19H24O5. The summed E-state index contributed by atoms with van der Waals surface area (Å²) in [5, 5.41) is 0. The van der Waals surface area contributed by atoms with Crippen LogP contribution < -0.4 is 0 Å². The number of hydrogen-bond donors (Lipinski definition) is 0. The van der Waals surface area contributed by atoms with Gasteiger partial charge in [-0.25, -0.2) is 0 Å². The smallest absolute Gasteiger partial charge is 0.321 e. The molecular weight excluding hydrogens is 308 g/mol. The zero-order chi connectivity index (χ0) is 17.9. The first-order valence-corrected chi connectivity index (χ1v) is 8.32. The van der Waals surface area contributed by atoms with Crippen LogP contribution in [0.15, 0.2) is 30.3 Å². The molecule has 2 rings (SSSR count). The van der Waals surface area contributed by atoms with Gasteiger partial charge in [-0.15, -0.1) is 0 Å². The zero-order valence-corrected chi connectivity index (χ0v) is 14.6. The lowest BCUT2D eigenvalue weighted by Crippen LogP contribution is -2.42. The van der Waals surface area contributed by atoms with Gasteiger partial charge in [0.2, 0.25) is 0 Å². The highest BCUT2D eigenvalue weighted by Gasteiger charge is 2.58. The summed E-state index contributed by atoms with van der Waals surface area (Å²) in [6.45, 7) is 7.24. The number of Topliss-reactive ketones (excluding diaryl/α,β-unsaturated/α-hetero) is 1. The molecule has 1 fully saturated rings. The number of ketones is 1. The van der Waals surface area contributed by atoms with E-state index in [0.29, 0.717) is 12.0 Å². The Balaban J connectivity index is 2.40. The molecule has 5 heteroatoms. The first-order chi connectivity index (χ1) is 11.3. The molecule has 1 aliphatic rings. The maximum Gasteiger partial charge on any atom is 0.321 e. The van der Waals surface area contributed by atoms with Crippen LogP contribution in [0.1, 0.15) is 44.5 Å². The van der Waals surface area contributed by atoms with Crippen LogP contribution in [0, 0.1) is 17.8 Å². The summed E-state index contributed by atoms with van der Waals surface area (Å²) in [5.41, 5.74) is -0.332. The molecule has 0 aliphatic carbocycles. The molecule has 130 valence electrons. The first kappa shape index (κ1) is 18.2. The van der Waals surface area contributed by atoms with Gasteiger partial charge in [0.05, 0.1) is 6.61 Å². The van der Waals surface area contributed by atoms with Crippen molar-refractivity contribution in [1.29, 1.82) is 0 Å². The summed E-state index contributed by atoms with van der Waals surface area (Å²) >= 11 is 0. The Hall–Kier alpha value is -2.17. The maximum absolute atomic E-state index is 13.0. The number of carbonyl (C=O) groups is 3. The van der Waals surface area contributed by atoms with Crippen LogP contribution in [0.25, 0.3) is 0 Å². The Bertz CT molecular complexity index is 620. The van der Waals surface area contributed by atoms with E-state index in [1.54, 1.807) is 45.0 Å². The van der Waals surface area contributed by atoms with Gasteiger partial charge in [0.15, 0.2) is 11.7 Å². The average Bonchev–Trinajstić information content (AvgIpc) is 2.78. The van der Waals surface area contributed by atoms with E-state index in [-0.39, 0.29) is 12.4 Å². The molecule has 1 saturated heterocycles. The van der Waals surface area contributed by atoms with Crippen molar-refractivity contribution in [2.75, 3.05) is 6.61 Å². The lowest BCUT2D eigenvalue weighted by molar-refractivity contribution is -0.157. The van der Waals surface area contributed by atoms with Gasteiger partial charge in [-0.2, -0.15) is 0 Å². The minimum absolute atomic E-state index is 0.0798. The van der Waals surface area contributed by atoms with Crippen molar-refractivity contribution in [3.63, 3.8) is 0 Å². The highest BCUT2D eigenvalue weighted by atomic mass is 16.6. The minimum atomic E-state index is -1.06. The second-order valence-electron chi connectivity index (χ2n) is 6.53. The highest BCUT2D eigenvalue weighted by Crippen LogP contribution is 2.44. The molecule has 0 aromatic heterocycles. The van der Waals surface area contributed by atoms with Crippen LogP contribution in [0.5, 0.6) is 0 Å². The number of cyclic esters (lactones) is 1. The minimum Gasteiger partial charge on any atom is -0.465 e. The van der Waals surface area contributed by atoms with Crippen molar-refractivity contribution in [2.24, 2.45) is 17.8 Å². The quantitative estimate of drug-likeness (QED) is 0.455. The summed E-state index contributed by atoms with van der Waals surface area (Å²) in [4.78, 5) is 37.5. The molecule has 24 heavy (non-hydrogen) atoms. The predicted octanol–water partition coefficient (Wildman–Crippen LogP) is 3.03. The second-order valence-corrected chi connectivity index (χ2v) is 6.53. The molecule has 0 bridgehead atoms. The fourth-order valence-corrected chi connectivity index (χ4v) is 3.55. The summed E-state index contributed by atoms with van der Waals surface area (Å²) < 4.78 is 10.5. The molecule has 5 nitrogen and oxygen atoms in total. The van der Waals surface area contributed by atoms with Crippen molar-refractivity contribution in [2.45, 2.75) is 39.7 Å². The van der Waals surface area contributed by atoms with E-state index >= 15 is 0 Å². The Morgan fingerprint density at radius 3 is 2.38 bits per heavy atom. The molecule has 3 atom stereocenters. The molecule has 1 aromatic rings. The fourth-order valence-electron chi connectivity index (χ4n) is 3.55. The number of benzene rings is 1. The molecule has 0 saturated carbocycles. The third-order valence-electron chi connectivity index (χ3n) is 4.59. The molecule has 0 spiro atoms. The Morgan fingerprint density at radius 1 is 1.21 bits per heavy atom. The SMILES string of the molecule is CCOC(=O)[C@H]1C(=O)OC(C)(C)[C@@H]1[C@@H](CC)C(=O)c1ccccc1.